The predicted octanol–water partition coefficient (Wildman–Crippen LogP) is 3.47. The molecule has 122 valence electrons. The van der Waals surface area contributed by atoms with E-state index in [1.165, 1.54) is 6.07 Å². The number of hydrogen-bond acceptors (Lipinski definition) is 3. The molecule has 23 heavy (non-hydrogen) atoms. The lowest BCUT2D eigenvalue weighted by molar-refractivity contribution is -0.137. The smallest absolute Gasteiger partial charge is 0.311 e. The molecule has 0 unspecified atom stereocenters. The van der Waals surface area contributed by atoms with E-state index in [0.717, 1.165) is 18.2 Å². The summed E-state index contributed by atoms with van der Waals surface area (Å²) in [5, 5.41) is 0. The summed E-state index contributed by atoms with van der Waals surface area (Å²) >= 11 is 0. The first-order valence-electron chi connectivity index (χ1n) is 6.95. The zero-order chi connectivity index (χ0) is 17.2. The van der Waals surface area contributed by atoms with Gasteiger partial charge in [-0.1, -0.05) is 25.1 Å². The Labute approximate surface area is 130 Å². The van der Waals surface area contributed by atoms with Crippen molar-refractivity contribution >= 4 is 5.78 Å². The van der Waals surface area contributed by atoms with Gasteiger partial charge in [-0.25, -0.2) is 4.98 Å². The van der Waals surface area contributed by atoms with Crippen molar-refractivity contribution in [2.45, 2.75) is 32.4 Å². The van der Waals surface area contributed by atoms with E-state index in [4.69, 9.17) is 0 Å². The fraction of sp³-hybridized carbons (Fsp3) is 0.312. The molecule has 4 nitrogen and oxygen atoms in total. The number of carbonyl (C=O) groups excluding carboxylic acids is 1. The Balaban J connectivity index is 2.20. The zero-order valence-electron chi connectivity index (χ0n) is 12.6. The Morgan fingerprint density at radius 1 is 1.30 bits per heavy atom. The van der Waals surface area contributed by atoms with E-state index < -0.39 is 23.2 Å². The maximum absolute atomic E-state index is 12.7. The summed E-state index contributed by atoms with van der Waals surface area (Å²) in [7, 11) is 0. The molecule has 0 aliphatic rings. The number of Topliss-reactive ketones (excluding diaryl/α,β-unsaturated/α-hetero) is 1. The largest absolute Gasteiger partial charge is 0.416 e. The van der Waals surface area contributed by atoms with Gasteiger partial charge in [0, 0.05) is 12.5 Å². The molecular formula is C16H15F3N2O2. The molecule has 0 fully saturated rings. The Morgan fingerprint density at radius 2 is 2.00 bits per heavy atom. The number of aryl methyl sites for hydroxylation is 1. The van der Waals surface area contributed by atoms with Crippen LogP contribution in [0.25, 0.3) is 0 Å². The molecule has 0 saturated heterocycles. The van der Waals surface area contributed by atoms with Gasteiger partial charge in [-0.2, -0.15) is 13.2 Å². The number of carbonyl (C=O) groups is 1. The van der Waals surface area contributed by atoms with Crippen LogP contribution in [0.3, 0.4) is 0 Å². The highest BCUT2D eigenvalue weighted by Gasteiger charge is 2.30. The van der Waals surface area contributed by atoms with Crippen LogP contribution in [0.5, 0.6) is 0 Å². The summed E-state index contributed by atoms with van der Waals surface area (Å²) in [4.78, 5) is 29.9. The minimum atomic E-state index is -4.43. The number of rotatable bonds is 4. The van der Waals surface area contributed by atoms with Gasteiger partial charge in [-0.3, -0.25) is 9.59 Å². The van der Waals surface area contributed by atoms with Crippen LogP contribution in [0.15, 0.2) is 35.1 Å². The van der Waals surface area contributed by atoms with Crippen LogP contribution in [0.2, 0.25) is 0 Å². The van der Waals surface area contributed by atoms with E-state index in [9.17, 15) is 22.8 Å². The van der Waals surface area contributed by atoms with Gasteiger partial charge in [-0.05, 0) is 24.5 Å². The second-order valence-corrected chi connectivity index (χ2v) is 5.37. The molecule has 0 bridgehead atoms. The number of hydrogen-bond donors (Lipinski definition) is 1. The normalized spacial score (nSPS) is 12.9. The summed E-state index contributed by atoms with van der Waals surface area (Å²) in [6.45, 7) is 3.21. The van der Waals surface area contributed by atoms with Crippen molar-refractivity contribution in [1.82, 2.24) is 9.97 Å². The third-order valence-electron chi connectivity index (χ3n) is 3.42. The minimum Gasteiger partial charge on any atom is -0.311 e. The van der Waals surface area contributed by atoms with Crippen LogP contribution < -0.4 is 5.56 Å². The number of aromatic nitrogens is 2. The Morgan fingerprint density at radius 3 is 2.61 bits per heavy atom. The maximum Gasteiger partial charge on any atom is 0.416 e. The van der Waals surface area contributed by atoms with Crippen LogP contribution in [-0.4, -0.2) is 15.8 Å². The molecule has 7 heteroatoms. The number of nitrogens with one attached hydrogen (secondary N) is 1. The van der Waals surface area contributed by atoms with E-state index in [2.05, 4.69) is 9.97 Å². The van der Waals surface area contributed by atoms with Gasteiger partial charge in [0.05, 0.1) is 5.56 Å². The van der Waals surface area contributed by atoms with Crippen molar-refractivity contribution in [3.63, 3.8) is 0 Å². The molecule has 0 aliphatic heterocycles. The molecule has 1 atom stereocenters. The van der Waals surface area contributed by atoms with Crippen molar-refractivity contribution in [2.75, 3.05) is 0 Å². The highest BCUT2D eigenvalue weighted by atomic mass is 19.4. The van der Waals surface area contributed by atoms with E-state index in [-0.39, 0.29) is 17.9 Å². The third kappa shape index (κ3) is 4.28. The van der Waals surface area contributed by atoms with Crippen molar-refractivity contribution in [3.8, 4) is 0 Å². The average molecular weight is 324 g/mol. The fourth-order valence-corrected chi connectivity index (χ4v) is 2.24. The van der Waals surface area contributed by atoms with Crippen molar-refractivity contribution < 1.29 is 18.0 Å². The number of halogens is 3. The van der Waals surface area contributed by atoms with Crippen LogP contribution in [0.1, 0.15) is 46.7 Å². The third-order valence-corrected chi connectivity index (χ3v) is 3.42. The maximum atomic E-state index is 12.7. The molecule has 0 aliphatic carbocycles. The van der Waals surface area contributed by atoms with Crippen molar-refractivity contribution in [1.29, 1.82) is 0 Å². The van der Waals surface area contributed by atoms with Crippen LogP contribution in [-0.2, 0) is 6.18 Å². The first-order chi connectivity index (χ1) is 10.7. The van der Waals surface area contributed by atoms with Crippen LogP contribution in [0, 0.1) is 6.92 Å². The SMILES string of the molecule is Cc1nc(C(=O)C[C@H](C)c2cccc(C(F)(F)F)c2)cc(=O)[nH]1. The molecule has 2 aromatic rings. The van der Waals surface area contributed by atoms with Gasteiger partial charge in [0.2, 0.25) is 0 Å². The van der Waals surface area contributed by atoms with Crippen molar-refractivity contribution in [3.05, 3.63) is 63.3 Å². The van der Waals surface area contributed by atoms with E-state index in [1.54, 1.807) is 19.9 Å². The van der Waals surface area contributed by atoms with Crippen LogP contribution in [0.4, 0.5) is 13.2 Å². The van der Waals surface area contributed by atoms with E-state index >= 15 is 0 Å². The standard InChI is InChI=1S/C16H15F3N2O2/c1-9(11-4-3-5-12(7-11)16(17,18)19)6-14(22)13-8-15(23)21-10(2)20-13/h3-5,7-9H,6H2,1-2H3,(H,20,21,23)/t9-/m0/s1. The first kappa shape index (κ1) is 16.9. The van der Waals surface area contributed by atoms with Gasteiger partial charge in [-0.15, -0.1) is 0 Å². The monoisotopic (exact) mass is 324 g/mol. The molecule has 0 spiro atoms. The lowest BCUT2D eigenvalue weighted by atomic mass is 9.93. The lowest BCUT2D eigenvalue weighted by Gasteiger charge is -2.14. The number of nitrogens with zero attached hydrogens (tertiary/aromatic N) is 1. The van der Waals surface area contributed by atoms with Gasteiger partial charge >= 0.3 is 6.18 Å². The quantitative estimate of drug-likeness (QED) is 0.876. The van der Waals surface area contributed by atoms with E-state index in [0.29, 0.717) is 11.4 Å². The summed E-state index contributed by atoms with van der Waals surface area (Å²) in [6, 6.07) is 5.97. The van der Waals surface area contributed by atoms with Crippen molar-refractivity contribution in [2.24, 2.45) is 0 Å². The number of benzene rings is 1. The topological polar surface area (TPSA) is 62.8 Å². The highest BCUT2D eigenvalue weighted by molar-refractivity contribution is 5.94. The number of ketones is 1. The van der Waals surface area contributed by atoms with Gasteiger partial charge in [0.1, 0.15) is 11.5 Å². The molecule has 1 heterocycles. The summed E-state index contributed by atoms with van der Waals surface area (Å²) in [5.74, 6) is -0.497. The Hall–Kier alpha value is -2.44. The molecule has 0 saturated carbocycles. The molecular weight excluding hydrogens is 309 g/mol. The Bertz CT molecular complexity index is 781. The molecule has 2 rings (SSSR count). The zero-order valence-corrected chi connectivity index (χ0v) is 12.6. The second kappa shape index (κ2) is 6.36. The van der Waals surface area contributed by atoms with Gasteiger partial charge < -0.3 is 4.98 Å². The predicted molar refractivity (Wildman–Crippen MR) is 78.4 cm³/mol. The minimum absolute atomic E-state index is 0.0186. The summed E-state index contributed by atoms with van der Waals surface area (Å²) in [6.07, 6.45) is -4.46. The molecule has 1 aromatic carbocycles. The van der Waals surface area contributed by atoms with E-state index in [1.807, 2.05) is 0 Å². The molecule has 1 N–H and O–H groups in total. The fourth-order valence-electron chi connectivity index (χ4n) is 2.24. The number of H-pyrrole nitrogens is 1. The second-order valence-electron chi connectivity index (χ2n) is 5.37. The molecule has 0 radical (unpaired) electrons. The van der Waals surface area contributed by atoms with Gasteiger partial charge in [0.15, 0.2) is 5.78 Å². The molecule has 1 aromatic heterocycles. The average Bonchev–Trinajstić information content (AvgIpc) is 2.45. The van der Waals surface area contributed by atoms with Gasteiger partial charge in [0.25, 0.3) is 5.56 Å². The van der Waals surface area contributed by atoms with Crippen LogP contribution >= 0.6 is 0 Å². The number of alkyl halides is 3. The Kier molecular flexibility index (Phi) is 4.68. The summed E-state index contributed by atoms with van der Waals surface area (Å²) < 4.78 is 38.2. The first-order valence-corrected chi connectivity index (χ1v) is 6.95. The molecule has 0 amide bonds. The lowest BCUT2D eigenvalue weighted by Crippen LogP contribution is -2.15. The highest BCUT2D eigenvalue weighted by Crippen LogP contribution is 2.31. The number of aromatic amines is 1. The summed E-state index contributed by atoms with van der Waals surface area (Å²) in [5.41, 5.74) is -0.758.